The van der Waals surface area contributed by atoms with Crippen LogP contribution < -0.4 is 0 Å². The van der Waals surface area contributed by atoms with E-state index in [2.05, 4.69) is 19.9 Å². The summed E-state index contributed by atoms with van der Waals surface area (Å²) in [6, 6.07) is 1.92. The highest BCUT2D eigenvalue weighted by atomic mass is 16.2. The van der Waals surface area contributed by atoms with Gasteiger partial charge in [-0.2, -0.15) is 0 Å². The number of aromatic nitrogens is 5. The van der Waals surface area contributed by atoms with Gasteiger partial charge in [-0.05, 0) is 32.3 Å². The van der Waals surface area contributed by atoms with E-state index in [4.69, 9.17) is 0 Å². The Morgan fingerprint density at radius 3 is 2.92 bits per heavy atom. The predicted octanol–water partition coefficient (Wildman–Crippen LogP) is 2.20. The summed E-state index contributed by atoms with van der Waals surface area (Å²) in [5.41, 5.74) is 2.06. The van der Waals surface area contributed by atoms with Crippen LogP contribution in [-0.4, -0.2) is 41.7 Å². The fourth-order valence-corrected chi connectivity index (χ4v) is 3.14. The van der Waals surface area contributed by atoms with Crippen molar-refractivity contribution < 1.29 is 4.79 Å². The van der Waals surface area contributed by atoms with Crippen LogP contribution in [0.1, 0.15) is 47.2 Å². The molecule has 4 heterocycles. The van der Waals surface area contributed by atoms with Crippen LogP contribution >= 0.6 is 0 Å². The van der Waals surface area contributed by atoms with Crippen molar-refractivity contribution in [2.45, 2.75) is 32.2 Å². The molecule has 122 valence electrons. The van der Waals surface area contributed by atoms with Crippen LogP contribution in [0.15, 0.2) is 37.1 Å². The molecule has 7 heteroatoms. The molecule has 3 aromatic rings. The molecule has 7 nitrogen and oxygen atoms in total. The van der Waals surface area contributed by atoms with E-state index in [9.17, 15) is 4.79 Å². The molecule has 0 aromatic carbocycles. The van der Waals surface area contributed by atoms with Gasteiger partial charge in [0.15, 0.2) is 0 Å². The number of rotatable bonds is 2. The summed E-state index contributed by atoms with van der Waals surface area (Å²) in [7, 11) is 0. The standard InChI is InChI=1S/C17H18N6O/c1-12-10-20-14(11-19-12)16(24)23-7-3-2-4-15(23)13-5-8-22-9-6-18-17(22)21-13/h5-6,8-11,15H,2-4,7H2,1H3/t15-/m1/s1. The van der Waals surface area contributed by atoms with E-state index >= 15 is 0 Å². The SMILES string of the molecule is Cc1cnc(C(=O)N2CCCC[C@@H]2c2ccn3ccnc3n2)cn1. The Morgan fingerprint density at radius 2 is 2.08 bits per heavy atom. The van der Waals surface area contributed by atoms with Gasteiger partial charge in [0.05, 0.1) is 23.6 Å². The second-order valence-electron chi connectivity index (χ2n) is 6.04. The molecule has 0 aliphatic carbocycles. The number of amides is 1. The number of carbonyl (C=O) groups excluding carboxylic acids is 1. The highest BCUT2D eigenvalue weighted by Crippen LogP contribution is 2.30. The lowest BCUT2D eigenvalue weighted by Crippen LogP contribution is -2.39. The molecule has 1 saturated heterocycles. The quantitative estimate of drug-likeness (QED) is 0.723. The van der Waals surface area contributed by atoms with Gasteiger partial charge in [0.1, 0.15) is 5.69 Å². The number of piperidine rings is 1. The summed E-state index contributed by atoms with van der Waals surface area (Å²) in [4.78, 5) is 32.0. The van der Waals surface area contributed by atoms with E-state index in [1.165, 1.54) is 0 Å². The zero-order valence-electron chi connectivity index (χ0n) is 13.5. The van der Waals surface area contributed by atoms with Gasteiger partial charge in [-0.25, -0.2) is 15.0 Å². The normalized spacial score (nSPS) is 18.0. The maximum absolute atomic E-state index is 12.9. The van der Waals surface area contributed by atoms with Crippen LogP contribution in [0.3, 0.4) is 0 Å². The summed E-state index contributed by atoms with van der Waals surface area (Å²) in [6.45, 7) is 2.56. The van der Waals surface area contributed by atoms with Crippen LogP contribution in [0.4, 0.5) is 0 Å². The van der Waals surface area contributed by atoms with Crippen molar-refractivity contribution in [1.82, 2.24) is 29.2 Å². The number of carbonyl (C=O) groups is 1. The lowest BCUT2D eigenvalue weighted by molar-refractivity contribution is 0.0599. The Kier molecular flexibility index (Phi) is 3.68. The van der Waals surface area contributed by atoms with Gasteiger partial charge in [-0.3, -0.25) is 14.2 Å². The number of imidazole rings is 1. The van der Waals surface area contributed by atoms with Crippen LogP contribution in [0, 0.1) is 6.92 Å². The Labute approximate surface area is 139 Å². The van der Waals surface area contributed by atoms with Gasteiger partial charge in [0.25, 0.3) is 5.91 Å². The first-order valence-corrected chi connectivity index (χ1v) is 8.11. The average Bonchev–Trinajstić information content (AvgIpc) is 3.09. The van der Waals surface area contributed by atoms with Crippen molar-refractivity contribution in [2.24, 2.45) is 0 Å². The van der Waals surface area contributed by atoms with Crippen molar-refractivity contribution in [3.63, 3.8) is 0 Å². The monoisotopic (exact) mass is 322 g/mol. The van der Waals surface area contributed by atoms with Gasteiger partial charge in [0.2, 0.25) is 5.78 Å². The van der Waals surface area contributed by atoms with Crippen LogP contribution in [0.5, 0.6) is 0 Å². The van der Waals surface area contributed by atoms with Crippen LogP contribution in [0.25, 0.3) is 5.78 Å². The van der Waals surface area contributed by atoms with Crippen molar-refractivity contribution in [2.75, 3.05) is 6.54 Å². The molecule has 1 atom stereocenters. The van der Waals surface area contributed by atoms with Crippen molar-refractivity contribution >= 4 is 11.7 Å². The van der Waals surface area contributed by atoms with E-state index in [1.54, 1.807) is 18.6 Å². The number of hydrogen-bond acceptors (Lipinski definition) is 5. The van der Waals surface area contributed by atoms with Crippen molar-refractivity contribution in [3.05, 3.63) is 54.1 Å². The van der Waals surface area contributed by atoms with Crippen molar-refractivity contribution in [1.29, 1.82) is 0 Å². The van der Waals surface area contributed by atoms with E-state index < -0.39 is 0 Å². The molecule has 0 unspecified atom stereocenters. The maximum Gasteiger partial charge on any atom is 0.274 e. The molecule has 1 fully saturated rings. The fourth-order valence-electron chi connectivity index (χ4n) is 3.14. The zero-order valence-corrected chi connectivity index (χ0v) is 13.5. The van der Waals surface area contributed by atoms with E-state index in [0.29, 0.717) is 18.0 Å². The molecule has 0 spiro atoms. The molecule has 24 heavy (non-hydrogen) atoms. The molecule has 0 N–H and O–H groups in total. The summed E-state index contributed by atoms with van der Waals surface area (Å²) >= 11 is 0. The average molecular weight is 322 g/mol. The largest absolute Gasteiger partial charge is 0.329 e. The first-order valence-electron chi connectivity index (χ1n) is 8.11. The molecule has 0 radical (unpaired) electrons. The number of hydrogen-bond donors (Lipinski definition) is 0. The molecule has 1 aliphatic heterocycles. The Morgan fingerprint density at radius 1 is 1.17 bits per heavy atom. The fraction of sp³-hybridized carbons (Fsp3) is 0.353. The van der Waals surface area contributed by atoms with Crippen LogP contribution in [-0.2, 0) is 0 Å². The van der Waals surface area contributed by atoms with Crippen LogP contribution in [0.2, 0.25) is 0 Å². The maximum atomic E-state index is 12.9. The predicted molar refractivity (Wildman–Crippen MR) is 87.4 cm³/mol. The molecule has 1 amide bonds. The highest BCUT2D eigenvalue weighted by molar-refractivity contribution is 5.92. The van der Waals surface area contributed by atoms with Gasteiger partial charge in [-0.15, -0.1) is 0 Å². The number of nitrogens with zero attached hydrogens (tertiary/aromatic N) is 6. The number of aryl methyl sites for hydroxylation is 1. The third-order valence-electron chi connectivity index (χ3n) is 4.39. The topological polar surface area (TPSA) is 76.3 Å². The zero-order chi connectivity index (χ0) is 16.5. The van der Waals surface area contributed by atoms with Gasteiger partial charge in [-0.1, -0.05) is 0 Å². The molecule has 4 rings (SSSR count). The molecule has 1 aliphatic rings. The summed E-state index contributed by atoms with van der Waals surface area (Å²) in [5.74, 6) is 0.567. The Hall–Kier alpha value is -2.83. The second-order valence-corrected chi connectivity index (χ2v) is 6.04. The third-order valence-corrected chi connectivity index (χ3v) is 4.39. The van der Waals surface area contributed by atoms with Gasteiger partial charge in [0, 0.05) is 31.3 Å². The van der Waals surface area contributed by atoms with E-state index in [1.807, 2.05) is 34.7 Å². The first-order chi connectivity index (χ1) is 11.7. The Balaban J connectivity index is 1.67. The lowest BCUT2D eigenvalue weighted by atomic mass is 9.98. The summed E-state index contributed by atoms with van der Waals surface area (Å²) < 4.78 is 1.87. The minimum Gasteiger partial charge on any atom is -0.329 e. The molecule has 3 aromatic heterocycles. The minimum atomic E-state index is -0.0859. The number of fused-ring (bicyclic) bond motifs is 1. The smallest absolute Gasteiger partial charge is 0.274 e. The van der Waals surface area contributed by atoms with Crippen molar-refractivity contribution in [3.8, 4) is 0 Å². The second kappa shape index (κ2) is 5.99. The summed E-state index contributed by atoms with van der Waals surface area (Å²) in [5, 5.41) is 0. The van der Waals surface area contributed by atoms with Gasteiger partial charge < -0.3 is 4.90 Å². The molecular weight excluding hydrogens is 304 g/mol. The van der Waals surface area contributed by atoms with E-state index in [0.717, 1.165) is 30.7 Å². The number of likely N-dealkylation sites (tertiary alicyclic amines) is 1. The highest BCUT2D eigenvalue weighted by Gasteiger charge is 2.30. The van der Waals surface area contributed by atoms with E-state index in [-0.39, 0.29) is 11.9 Å². The third kappa shape index (κ3) is 2.62. The molecular formula is C17H18N6O. The van der Waals surface area contributed by atoms with Gasteiger partial charge >= 0.3 is 0 Å². The summed E-state index contributed by atoms with van der Waals surface area (Å²) in [6.07, 6.45) is 11.7. The minimum absolute atomic E-state index is 0.0453. The molecule has 0 bridgehead atoms. The Bertz CT molecular complexity index is 872. The molecule has 0 saturated carbocycles. The lowest BCUT2D eigenvalue weighted by Gasteiger charge is -2.35. The first kappa shape index (κ1) is 14.7.